The summed E-state index contributed by atoms with van der Waals surface area (Å²) >= 11 is 0. The Balaban J connectivity index is 0.000000891. The van der Waals surface area contributed by atoms with Gasteiger partial charge in [-0.2, -0.15) is 5.10 Å². The van der Waals surface area contributed by atoms with Gasteiger partial charge in [0.25, 0.3) is 0 Å². The van der Waals surface area contributed by atoms with Gasteiger partial charge in [0, 0.05) is 5.69 Å². The second kappa shape index (κ2) is 10.9. The van der Waals surface area contributed by atoms with Gasteiger partial charge in [0.05, 0.1) is 19.6 Å². The number of anilines is 1. The van der Waals surface area contributed by atoms with E-state index in [9.17, 15) is 9.59 Å². The first-order chi connectivity index (χ1) is 11.6. The van der Waals surface area contributed by atoms with Crippen LogP contribution >= 0.6 is 0 Å². The summed E-state index contributed by atoms with van der Waals surface area (Å²) in [5.41, 5.74) is 1.41. The molecule has 0 aliphatic carbocycles. The highest BCUT2D eigenvalue weighted by Gasteiger charge is 2.08. The Bertz CT molecular complexity index is 626. The van der Waals surface area contributed by atoms with Gasteiger partial charge in [0.2, 0.25) is 12.3 Å². The molecule has 9 heteroatoms. The Labute approximate surface area is 139 Å². The van der Waals surface area contributed by atoms with E-state index in [1.165, 1.54) is 0 Å². The molecule has 2 aromatic rings. The highest BCUT2D eigenvalue weighted by molar-refractivity contribution is 5.91. The van der Waals surface area contributed by atoms with Gasteiger partial charge >= 0.3 is 0 Å². The topological polar surface area (TPSA) is 132 Å². The average molecular weight is 334 g/mol. The third-order valence-corrected chi connectivity index (χ3v) is 2.67. The number of benzene rings is 1. The largest absolute Gasteiger partial charge is 0.392 e. The van der Waals surface area contributed by atoms with Crippen molar-refractivity contribution in [2.45, 2.75) is 19.6 Å². The monoisotopic (exact) mass is 334 g/mol. The summed E-state index contributed by atoms with van der Waals surface area (Å²) < 4.78 is 0. The first-order valence-corrected chi connectivity index (χ1v) is 7.28. The van der Waals surface area contributed by atoms with Crippen molar-refractivity contribution in [1.82, 2.24) is 25.8 Å². The third kappa shape index (κ3) is 6.99. The number of rotatable bonds is 7. The molecule has 0 bridgehead atoms. The quantitative estimate of drug-likeness (QED) is 0.436. The van der Waals surface area contributed by atoms with Crippen molar-refractivity contribution in [3.05, 3.63) is 41.5 Å². The van der Waals surface area contributed by atoms with Crippen molar-refractivity contribution in [3.8, 4) is 0 Å². The lowest BCUT2D eigenvalue weighted by Gasteiger charge is -2.04. The van der Waals surface area contributed by atoms with E-state index in [0.29, 0.717) is 23.7 Å². The summed E-state index contributed by atoms with van der Waals surface area (Å²) in [4.78, 5) is 26.1. The predicted octanol–water partition coefficient (Wildman–Crippen LogP) is -0.440. The number of nitrogens with zero attached hydrogens (tertiary/aromatic N) is 2. The van der Waals surface area contributed by atoms with Crippen LogP contribution in [0.2, 0.25) is 0 Å². The van der Waals surface area contributed by atoms with E-state index in [0.717, 1.165) is 5.56 Å². The maximum Gasteiger partial charge on any atom is 0.232 e. The number of aliphatic hydroxyl groups excluding tert-OH is 1. The molecule has 24 heavy (non-hydrogen) atoms. The van der Waals surface area contributed by atoms with Crippen molar-refractivity contribution in [1.29, 1.82) is 0 Å². The Morgan fingerprint density at radius 2 is 1.96 bits per heavy atom. The van der Waals surface area contributed by atoms with Crippen LogP contribution in [0, 0.1) is 0 Å². The number of carbonyl (C=O) groups excluding carboxylic acids is 2. The zero-order valence-corrected chi connectivity index (χ0v) is 13.7. The lowest BCUT2D eigenvalue weighted by molar-refractivity contribution is -0.115. The van der Waals surface area contributed by atoms with Gasteiger partial charge in [-0.15, -0.1) is 0 Å². The maximum atomic E-state index is 11.8. The van der Waals surface area contributed by atoms with Crippen molar-refractivity contribution in [2.24, 2.45) is 0 Å². The maximum absolute atomic E-state index is 11.8. The summed E-state index contributed by atoms with van der Waals surface area (Å²) in [5, 5.41) is 23.3. The minimum Gasteiger partial charge on any atom is -0.392 e. The summed E-state index contributed by atoms with van der Waals surface area (Å²) in [5.74, 6) is 0.595. The molecule has 0 aliphatic rings. The molecule has 5 N–H and O–H groups in total. The van der Waals surface area contributed by atoms with Gasteiger partial charge in [-0.25, -0.2) is 4.98 Å². The van der Waals surface area contributed by atoms with Crippen LogP contribution in [0.25, 0.3) is 0 Å². The van der Waals surface area contributed by atoms with Gasteiger partial charge < -0.3 is 21.1 Å². The number of aliphatic hydroxyl groups is 1. The van der Waals surface area contributed by atoms with Crippen LogP contribution in [0.1, 0.15) is 17.2 Å². The minimum absolute atomic E-state index is 0.0378. The SMILES string of the molecule is CNC.O=CNCc1n[nH]c(CC(=O)Nc2ccc(CO)cc2)n1. The molecule has 0 unspecified atom stereocenters. The van der Waals surface area contributed by atoms with E-state index in [-0.39, 0.29) is 25.5 Å². The van der Waals surface area contributed by atoms with Crippen molar-refractivity contribution >= 4 is 18.0 Å². The van der Waals surface area contributed by atoms with E-state index >= 15 is 0 Å². The molecule has 0 saturated carbocycles. The normalized spacial score (nSPS) is 9.62. The van der Waals surface area contributed by atoms with Gasteiger partial charge in [-0.3, -0.25) is 14.7 Å². The Morgan fingerprint density at radius 1 is 1.29 bits per heavy atom. The van der Waals surface area contributed by atoms with Crippen molar-refractivity contribution < 1.29 is 14.7 Å². The molecule has 1 aromatic heterocycles. The van der Waals surface area contributed by atoms with Crippen LogP contribution in [-0.4, -0.2) is 46.7 Å². The molecule has 0 spiro atoms. The first kappa shape index (κ1) is 19.3. The predicted molar refractivity (Wildman–Crippen MR) is 89.0 cm³/mol. The lowest BCUT2D eigenvalue weighted by atomic mass is 10.2. The molecule has 0 radical (unpaired) electrons. The van der Waals surface area contributed by atoms with E-state index in [1.54, 1.807) is 24.3 Å². The zero-order valence-electron chi connectivity index (χ0n) is 13.7. The van der Waals surface area contributed by atoms with E-state index < -0.39 is 0 Å². The molecule has 1 aromatic carbocycles. The molecule has 2 amide bonds. The van der Waals surface area contributed by atoms with Crippen LogP contribution in [0.5, 0.6) is 0 Å². The third-order valence-electron chi connectivity index (χ3n) is 2.67. The molecule has 0 atom stereocenters. The number of H-pyrrole nitrogens is 1. The number of carbonyl (C=O) groups is 2. The number of hydrogen-bond donors (Lipinski definition) is 5. The summed E-state index contributed by atoms with van der Waals surface area (Å²) in [6, 6.07) is 6.88. The summed E-state index contributed by atoms with van der Waals surface area (Å²) in [6.07, 6.45) is 0.606. The molecule has 1 heterocycles. The lowest BCUT2D eigenvalue weighted by Crippen LogP contribution is -2.15. The number of aromatic nitrogens is 3. The number of amides is 2. The Morgan fingerprint density at radius 3 is 2.54 bits per heavy atom. The van der Waals surface area contributed by atoms with Gasteiger partial charge in [-0.05, 0) is 31.8 Å². The second-order valence-corrected chi connectivity index (χ2v) is 4.78. The Kier molecular flexibility index (Phi) is 8.72. The smallest absolute Gasteiger partial charge is 0.232 e. The molecule has 0 fully saturated rings. The van der Waals surface area contributed by atoms with Crippen molar-refractivity contribution in [3.63, 3.8) is 0 Å². The standard InChI is InChI=1S/C13H15N5O3.C2H7N/c19-7-9-1-3-10(4-2-9)15-13(21)5-11-16-12(18-17-11)6-14-8-20;1-3-2/h1-4,8,19H,5-7H2,(H,14,20)(H,15,21)(H,16,17,18);3H,1-2H3. The van der Waals surface area contributed by atoms with Crippen LogP contribution in [0.15, 0.2) is 24.3 Å². The molecular formula is C15H22N6O3. The number of hydrogen-bond acceptors (Lipinski definition) is 6. The molecule has 130 valence electrons. The van der Waals surface area contributed by atoms with E-state index in [2.05, 4.69) is 31.1 Å². The number of aromatic amines is 1. The highest BCUT2D eigenvalue weighted by Crippen LogP contribution is 2.09. The fraction of sp³-hybridized carbons (Fsp3) is 0.333. The fourth-order valence-electron chi connectivity index (χ4n) is 1.68. The van der Waals surface area contributed by atoms with Crippen LogP contribution in [0.3, 0.4) is 0 Å². The van der Waals surface area contributed by atoms with Gasteiger partial charge in [0.15, 0.2) is 5.82 Å². The molecular weight excluding hydrogens is 312 g/mol. The number of nitrogens with one attached hydrogen (secondary N) is 4. The first-order valence-electron chi connectivity index (χ1n) is 7.28. The minimum atomic E-state index is -0.238. The zero-order chi connectivity index (χ0) is 17.8. The highest BCUT2D eigenvalue weighted by atomic mass is 16.3. The summed E-state index contributed by atoms with van der Waals surface area (Å²) in [7, 11) is 3.75. The molecule has 0 aliphatic heterocycles. The Hall–Kier alpha value is -2.78. The van der Waals surface area contributed by atoms with E-state index in [1.807, 2.05) is 14.1 Å². The van der Waals surface area contributed by atoms with Crippen LogP contribution in [0.4, 0.5) is 5.69 Å². The fourth-order valence-corrected chi connectivity index (χ4v) is 1.68. The summed E-state index contributed by atoms with van der Waals surface area (Å²) in [6.45, 7) is 0.175. The van der Waals surface area contributed by atoms with Crippen LogP contribution < -0.4 is 16.0 Å². The van der Waals surface area contributed by atoms with Crippen molar-refractivity contribution in [2.75, 3.05) is 19.4 Å². The molecule has 0 saturated heterocycles. The van der Waals surface area contributed by atoms with Crippen LogP contribution in [-0.2, 0) is 29.2 Å². The van der Waals surface area contributed by atoms with E-state index in [4.69, 9.17) is 5.11 Å². The average Bonchev–Trinajstić information content (AvgIpc) is 3.01. The molecule has 9 nitrogen and oxygen atoms in total. The van der Waals surface area contributed by atoms with Gasteiger partial charge in [0.1, 0.15) is 5.82 Å². The second-order valence-electron chi connectivity index (χ2n) is 4.78. The molecule has 2 rings (SSSR count). The van der Waals surface area contributed by atoms with Gasteiger partial charge in [-0.1, -0.05) is 12.1 Å².